The molecule has 2 amide bonds. The molecule has 18 heavy (non-hydrogen) atoms. The summed E-state index contributed by atoms with van der Waals surface area (Å²) in [5.74, 6) is 0.506. The molecule has 0 aromatic heterocycles. The number of hydrogen-bond donors (Lipinski definition) is 3. The molecule has 0 bridgehead atoms. The molecule has 4 heteroatoms. The molecule has 0 aliphatic carbocycles. The number of nitrogens with one attached hydrogen (secondary N) is 3. The molecule has 0 aliphatic rings. The molecule has 0 saturated heterocycles. The molecule has 3 N–H and O–H groups in total. The third-order valence-corrected chi connectivity index (χ3v) is 3.40. The van der Waals surface area contributed by atoms with Crippen LogP contribution in [0.2, 0.25) is 0 Å². The highest BCUT2D eigenvalue weighted by Crippen LogP contribution is 2.12. The fourth-order valence-corrected chi connectivity index (χ4v) is 2.16. The van der Waals surface area contributed by atoms with Crippen LogP contribution in [0.4, 0.5) is 4.79 Å². The largest absolute Gasteiger partial charge is 0.338 e. The molecule has 4 nitrogen and oxygen atoms in total. The highest BCUT2D eigenvalue weighted by Gasteiger charge is 2.17. The third-order valence-electron chi connectivity index (χ3n) is 3.40. The van der Waals surface area contributed by atoms with E-state index < -0.39 is 0 Å². The fourth-order valence-electron chi connectivity index (χ4n) is 2.16. The lowest BCUT2D eigenvalue weighted by molar-refractivity contribution is 0.235. The van der Waals surface area contributed by atoms with E-state index >= 15 is 0 Å². The zero-order valence-corrected chi connectivity index (χ0v) is 12.5. The Kier molecular flexibility index (Phi) is 10.8. The summed E-state index contributed by atoms with van der Waals surface area (Å²) in [6.45, 7) is 8.02. The minimum absolute atomic E-state index is 0.0340. The van der Waals surface area contributed by atoms with Gasteiger partial charge in [-0.05, 0) is 25.8 Å². The van der Waals surface area contributed by atoms with Gasteiger partial charge in [0.2, 0.25) is 0 Å². The second-order valence-corrected chi connectivity index (χ2v) is 4.84. The van der Waals surface area contributed by atoms with Gasteiger partial charge in [-0.25, -0.2) is 4.79 Å². The maximum Gasteiger partial charge on any atom is 0.314 e. The van der Waals surface area contributed by atoms with E-state index in [2.05, 4.69) is 36.7 Å². The van der Waals surface area contributed by atoms with Gasteiger partial charge >= 0.3 is 6.03 Å². The molecule has 0 radical (unpaired) electrons. The average molecular weight is 257 g/mol. The van der Waals surface area contributed by atoms with Gasteiger partial charge in [-0.2, -0.15) is 0 Å². The summed E-state index contributed by atoms with van der Waals surface area (Å²) < 4.78 is 0. The van der Waals surface area contributed by atoms with Crippen LogP contribution in [-0.2, 0) is 0 Å². The Labute approximate surface area is 112 Å². The molecule has 2 atom stereocenters. The highest BCUT2D eigenvalue weighted by atomic mass is 16.2. The number of hydrogen-bond acceptors (Lipinski definition) is 2. The van der Waals surface area contributed by atoms with Crippen LogP contribution in [0.3, 0.4) is 0 Å². The Morgan fingerprint density at radius 3 is 2.33 bits per heavy atom. The maximum absolute atomic E-state index is 11.6. The van der Waals surface area contributed by atoms with E-state index in [0.717, 1.165) is 38.8 Å². The summed E-state index contributed by atoms with van der Waals surface area (Å²) in [7, 11) is 2.00. The number of carbonyl (C=O) groups is 1. The van der Waals surface area contributed by atoms with Crippen molar-refractivity contribution in [1.29, 1.82) is 0 Å². The number of rotatable bonds is 10. The Bertz CT molecular complexity index is 209. The lowest BCUT2D eigenvalue weighted by Crippen LogP contribution is -2.44. The number of unbranched alkanes of at least 4 members (excludes halogenated alkanes) is 1. The highest BCUT2D eigenvalue weighted by molar-refractivity contribution is 5.73. The van der Waals surface area contributed by atoms with Crippen LogP contribution in [0, 0.1) is 5.92 Å². The van der Waals surface area contributed by atoms with Gasteiger partial charge in [-0.1, -0.05) is 40.0 Å². The van der Waals surface area contributed by atoms with Gasteiger partial charge in [0.1, 0.15) is 0 Å². The summed E-state index contributed by atoms with van der Waals surface area (Å²) >= 11 is 0. The van der Waals surface area contributed by atoms with Crippen LogP contribution in [0.25, 0.3) is 0 Å². The van der Waals surface area contributed by atoms with Crippen molar-refractivity contribution in [2.45, 2.75) is 58.9 Å². The van der Waals surface area contributed by atoms with Crippen LogP contribution >= 0.6 is 0 Å². The van der Waals surface area contributed by atoms with Crippen molar-refractivity contribution in [1.82, 2.24) is 16.0 Å². The molecule has 0 fully saturated rings. The standard InChI is InChI=1S/C14H31N3O/c1-5-8-10-16-14(18)17-11-12(7-3)13(15-4)9-6-2/h12-13,15H,5-11H2,1-4H3,(H2,16,17,18). The van der Waals surface area contributed by atoms with E-state index in [1.807, 2.05) is 7.05 Å². The summed E-state index contributed by atoms with van der Waals surface area (Å²) in [6.07, 6.45) is 5.56. The van der Waals surface area contributed by atoms with E-state index in [9.17, 15) is 4.79 Å². The lowest BCUT2D eigenvalue weighted by Gasteiger charge is -2.26. The van der Waals surface area contributed by atoms with Crippen molar-refractivity contribution in [2.75, 3.05) is 20.1 Å². The van der Waals surface area contributed by atoms with E-state index in [1.165, 1.54) is 6.42 Å². The van der Waals surface area contributed by atoms with Gasteiger partial charge in [-0.15, -0.1) is 0 Å². The van der Waals surface area contributed by atoms with Gasteiger partial charge in [0, 0.05) is 19.1 Å². The number of carbonyl (C=O) groups excluding carboxylic acids is 1. The smallest absolute Gasteiger partial charge is 0.314 e. The molecular weight excluding hydrogens is 226 g/mol. The molecule has 108 valence electrons. The van der Waals surface area contributed by atoms with Crippen molar-refractivity contribution in [3.8, 4) is 0 Å². The normalized spacial score (nSPS) is 14.0. The topological polar surface area (TPSA) is 53.2 Å². The molecule has 0 rings (SSSR count). The first-order chi connectivity index (χ1) is 8.69. The van der Waals surface area contributed by atoms with Gasteiger partial charge in [0.05, 0.1) is 0 Å². The lowest BCUT2D eigenvalue weighted by atomic mass is 9.93. The van der Waals surface area contributed by atoms with E-state index in [-0.39, 0.29) is 6.03 Å². The molecule has 0 aromatic carbocycles. The molecule has 0 aliphatic heterocycles. The van der Waals surface area contributed by atoms with E-state index in [4.69, 9.17) is 0 Å². The van der Waals surface area contributed by atoms with Gasteiger partial charge in [0.15, 0.2) is 0 Å². The molecule has 0 saturated carbocycles. The first kappa shape index (κ1) is 17.2. The SMILES string of the molecule is CCCCNC(=O)NCC(CC)C(CCC)NC. The van der Waals surface area contributed by atoms with E-state index in [0.29, 0.717) is 12.0 Å². The Hall–Kier alpha value is -0.770. The van der Waals surface area contributed by atoms with Crippen molar-refractivity contribution in [3.63, 3.8) is 0 Å². The zero-order chi connectivity index (χ0) is 13.8. The Balaban J connectivity index is 3.93. The molecule has 2 unspecified atom stereocenters. The van der Waals surface area contributed by atoms with E-state index in [1.54, 1.807) is 0 Å². The monoisotopic (exact) mass is 257 g/mol. The van der Waals surface area contributed by atoms with Crippen LogP contribution < -0.4 is 16.0 Å². The summed E-state index contributed by atoms with van der Waals surface area (Å²) in [5, 5.41) is 9.22. The molecule has 0 spiro atoms. The predicted octanol–water partition coefficient (Wildman–Crippen LogP) is 2.50. The van der Waals surface area contributed by atoms with Crippen molar-refractivity contribution in [3.05, 3.63) is 0 Å². The van der Waals surface area contributed by atoms with Crippen molar-refractivity contribution >= 4 is 6.03 Å². The van der Waals surface area contributed by atoms with Crippen LogP contribution in [0.15, 0.2) is 0 Å². The second-order valence-electron chi connectivity index (χ2n) is 4.84. The zero-order valence-electron chi connectivity index (χ0n) is 12.5. The van der Waals surface area contributed by atoms with Gasteiger partial charge < -0.3 is 16.0 Å². The minimum atomic E-state index is -0.0340. The summed E-state index contributed by atoms with van der Waals surface area (Å²) in [4.78, 5) is 11.6. The molecular formula is C14H31N3O. The van der Waals surface area contributed by atoms with Crippen LogP contribution in [0.1, 0.15) is 52.9 Å². The first-order valence-corrected chi connectivity index (χ1v) is 7.38. The maximum atomic E-state index is 11.6. The number of amides is 2. The Morgan fingerprint density at radius 2 is 1.83 bits per heavy atom. The fraction of sp³-hybridized carbons (Fsp3) is 0.929. The minimum Gasteiger partial charge on any atom is -0.338 e. The van der Waals surface area contributed by atoms with Crippen LogP contribution in [0.5, 0.6) is 0 Å². The van der Waals surface area contributed by atoms with Gasteiger partial charge in [-0.3, -0.25) is 0 Å². The van der Waals surface area contributed by atoms with Gasteiger partial charge in [0.25, 0.3) is 0 Å². The number of urea groups is 1. The molecule has 0 heterocycles. The van der Waals surface area contributed by atoms with Crippen molar-refractivity contribution < 1.29 is 4.79 Å². The predicted molar refractivity (Wildman–Crippen MR) is 77.8 cm³/mol. The summed E-state index contributed by atoms with van der Waals surface area (Å²) in [5.41, 5.74) is 0. The Morgan fingerprint density at radius 1 is 1.11 bits per heavy atom. The molecule has 0 aromatic rings. The second kappa shape index (κ2) is 11.3. The summed E-state index contributed by atoms with van der Waals surface area (Å²) in [6, 6.07) is 0.462. The quantitative estimate of drug-likeness (QED) is 0.527. The van der Waals surface area contributed by atoms with Crippen LogP contribution in [-0.4, -0.2) is 32.2 Å². The average Bonchev–Trinajstić information content (AvgIpc) is 2.38. The van der Waals surface area contributed by atoms with Crippen molar-refractivity contribution in [2.24, 2.45) is 5.92 Å². The third kappa shape index (κ3) is 7.54. The first-order valence-electron chi connectivity index (χ1n) is 7.38.